The second kappa shape index (κ2) is 11.2. The van der Waals surface area contributed by atoms with E-state index in [1.54, 1.807) is 13.4 Å². The van der Waals surface area contributed by atoms with Crippen LogP contribution in [0.2, 0.25) is 0 Å². The molecule has 1 aliphatic heterocycles. The minimum Gasteiger partial charge on any atom is -0.460 e. The van der Waals surface area contributed by atoms with E-state index in [0.29, 0.717) is 18.3 Å². The number of hydrogen-bond acceptors (Lipinski definition) is 5. The summed E-state index contributed by atoms with van der Waals surface area (Å²) in [4.78, 5) is 18.6. The Hall–Kier alpha value is -1.72. The lowest BCUT2D eigenvalue weighted by atomic mass is 9.84. The van der Waals surface area contributed by atoms with Gasteiger partial charge in [0.25, 0.3) is 0 Å². The number of nitrogens with zero attached hydrogens (tertiary/aromatic N) is 2. The molecule has 2 N–H and O–H groups in total. The van der Waals surface area contributed by atoms with Gasteiger partial charge in [-0.05, 0) is 58.8 Å². The maximum atomic E-state index is 12.1. The molecule has 0 radical (unpaired) electrons. The number of carbonyl (C=O) groups excluding carboxylic acids is 1. The summed E-state index contributed by atoms with van der Waals surface area (Å²) in [6.45, 7) is 12.1. The van der Waals surface area contributed by atoms with Gasteiger partial charge in [-0.15, -0.1) is 0 Å². The summed E-state index contributed by atoms with van der Waals surface area (Å²) in [7, 11) is 3.73. The molecule has 6 nitrogen and oxygen atoms in total. The number of ether oxygens (including phenoxy) is 1. The van der Waals surface area contributed by atoms with E-state index in [2.05, 4.69) is 34.4 Å². The first-order valence-electron chi connectivity index (χ1n) is 10.2. The van der Waals surface area contributed by atoms with Crippen LogP contribution in [0.5, 0.6) is 0 Å². The molecule has 2 atom stereocenters. The second-order valence-electron chi connectivity index (χ2n) is 8.40. The molecule has 1 heterocycles. The third kappa shape index (κ3) is 8.22. The van der Waals surface area contributed by atoms with Crippen LogP contribution < -0.4 is 10.6 Å². The summed E-state index contributed by atoms with van der Waals surface area (Å²) >= 11 is 0. The van der Waals surface area contributed by atoms with E-state index >= 15 is 0 Å². The van der Waals surface area contributed by atoms with Crippen molar-refractivity contribution < 1.29 is 9.53 Å². The van der Waals surface area contributed by atoms with E-state index in [-0.39, 0.29) is 5.97 Å². The molecule has 1 unspecified atom stereocenters. The van der Waals surface area contributed by atoms with Gasteiger partial charge in [0.1, 0.15) is 11.4 Å². The first kappa shape index (κ1) is 23.3. The van der Waals surface area contributed by atoms with Gasteiger partial charge >= 0.3 is 5.97 Å². The lowest BCUT2D eigenvalue weighted by Gasteiger charge is -2.31. The molecule has 1 rings (SSSR count). The highest BCUT2D eigenvalue weighted by Gasteiger charge is 2.28. The third-order valence-electron chi connectivity index (χ3n) is 5.11. The van der Waals surface area contributed by atoms with Gasteiger partial charge in [-0.3, -0.25) is 9.79 Å². The van der Waals surface area contributed by atoms with Crippen molar-refractivity contribution in [3.63, 3.8) is 0 Å². The average molecular weight is 381 g/mol. The Morgan fingerprint density at radius 2 is 2.04 bits per heavy atom. The zero-order valence-corrected chi connectivity index (χ0v) is 18.4. The maximum Gasteiger partial charge on any atom is 0.306 e. The van der Waals surface area contributed by atoms with Gasteiger partial charge < -0.3 is 20.3 Å². The Balaban J connectivity index is 2.76. The molecule has 0 saturated carbocycles. The molecule has 156 valence electrons. The van der Waals surface area contributed by atoms with Crippen LogP contribution >= 0.6 is 0 Å². The first-order valence-corrected chi connectivity index (χ1v) is 10.2. The summed E-state index contributed by atoms with van der Waals surface area (Å²) in [5.74, 6) is 2.19. The Kier molecular flexibility index (Phi) is 9.67. The smallest absolute Gasteiger partial charge is 0.306 e. The van der Waals surface area contributed by atoms with Crippen LogP contribution in [0, 0.1) is 11.8 Å². The largest absolute Gasteiger partial charge is 0.460 e. The summed E-state index contributed by atoms with van der Waals surface area (Å²) in [6, 6.07) is 0. The van der Waals surface area contributed by atoms with Gasteiger partial charge in [-0.1, -0.05) is 13.3 Å². The van der Waals surface area contributed by atoms with Crippen molar-refractivity contribution in [2.24, 2.45) is 16.8 Å². The van der Waals surface area contributed by atoms with E-state index in [0.717, 1.165) is 50.3 Å². The lowest BCUT2D eigenvalue weighted by molar-refractivity contribution is -0.155. The minimum atomic E-state index is -0.402. The van der Waals surface area contributed by atoms with Crippen molar-refractivity contribution in [3.8, 4) is 0 Å². The predicted molar refractivity (Wildman–Crippen MR) is 112 cm³/mol. The number of carbonyl (C=O) groups is 1. The standard InChI is InChI=1S/C21H40N4O2/c1-8-17-14-25(20(23-7)16(2)24-15-22-6)13-9-10-18(17)11-12-19(26)27-21(3,4)5/h15,17-18,23H,8-14H2,1-7H3,(H,22,24)/t17-,18?/m1/s1. The molecule has 27 heavy (non-hydrogen) atoms. The number of esters is 1. The molecule has 0 aromatic heterocycles. The van der Waals surface area contributed by atoms with Crippen molar-refractivity contribution in [1.29, 1.82) is 0 Å². The van der Waals surface area contributed by atoms with Gasteiger partial charge in [0, 0.05) is 33.6 Å². The van der Waals surface area contributed by atoms with Gasteiger partial charge in [0.2, 0.25) is 0 Å². The highest BCUT2D eigenvalue weighted by Crippen LogP contribution is 2.31. The minimum absolute atomic E-state index is 0.0758. The average Bonchev–Trinajstić information content (AvgIpc) is 2.79. The van der Waals surface area contributed by atoms with E-state index in [1.165, 1.54) is 0 Å². The number of hydrogen-bond donors (Lipinski definition) is 2. The monoisotopic (exact) mass is 380 g/mol. The van der Waals surface area contributed by atoms with Gasteiger partial charge in [-0.25, -0.2) is 0 Å². The fraction of sp³-hybridized carbons (Fsp3) is 0.810. The van der Waals surface area contributed by atoms with Crippen LogP contribution in [-0.4, -0.2) is 50.0 Å². The molecule has 6 heteroatoms. The molecule has 0 aliphatic carbocycles. The van der Waals surface area contributed by atoms with Gasteiger partial charge in [0.05, 0.1) is 12.0 Å². The first-order chi connectivity index (χ1) is 12.7. The van der Waals surface area contributed by atoms with Crippen molar-refractivity contribution in [2.75, 3.05) is 27.2 Å². The van der Waals surface area contributed by atoms with Crippen molar-refractivity contribution in [3.05, 3.63) is 11.5 Å². The highest BCUT2D eigenvalue weighted by molar-refractivity contribution is 5.69. The van der Waals surface area contributed by atoms with Crippen LogP contribution in [0.1, 0.15) is 66.7 Å². The number of likely N-dealkylation sites (tertiary alicyclic amines) is 1. The highest BCUT2D eigenvalue weighted by atomic mass is 16.6. The van der Waals surface area contributed by atoms with E-state index in [1.807, 2.05) is 27.8 Å². The Labute approximate surface area is 165 Å². The fourth-order valence-electron chi connectivity index (χ4n) is 3.86. The van der Waals surface area contributed by atoms with Crippen LogP contribution in [-0.2, 0) is 9.53 Å². The quantitative estimate of drug-likeness (QED) is 0.383. The van der Waals surface area contributed by atoms with Gasteiger partial charge in [-0.2, -0.15) is 0 Å². The molecule has 0 spiro atoms. The van der Waals surface area contributed by atoms with Crippen LogP contribution in [0.15, 0.2) is 16.5 Å². The second-order valence-corrected chi connectivity index (χ2v) is 8.40. The number of allylic oxidation sites excluding steroid dienone is 1. The molecule has 0 amide bonds. The van der Waals surface area contributed by atoms with Crippen molar-refractivity contribution >= 4 is 12.3 Å². The molecule has 1 aliphatic rings. The van der Waals surface area contributed by atoms with Crippen LogP contribution in [0.3, 0.4) is 0 Å². The summed E-state index contributed by atoms with van der Waals surface area (Å²) in [6.07, 6.45) is 6.56. The van der Waals surface area contributed by atoms with Gasteiger partial charge in [0.15, 0.2) is 0 Å². The number of rotatable bonds is 8. The Bertz CT molecular complexity index is 523. The Morgan fingerprint density at radius 3 is 2.59 bits per heavy atom. The molecule has 0 bridgehead atoms. The van der Waals surface area contributed by atoms with Crippen molar-refractivity contribution in [2.45, 2.75) is 72.3 Å². The predicted octanol–water partition coefficient (Wildman–Crippen LogP) is 3.50. The molecular formula is C21H40N4O2. The van der Waals surface area contributed by atoms with Crippen molar-refractivity contribution in [1.82, 2.24) is 15.5 Å². The third-order valence-corrected chi connectivity index (χ3v) is 5.11. The van der Waals surface area contributed by atoms with E-state index in [9.17, 15) is 4.79 Å². The topological polar surface area (TPSA) is 66.0 Å². The molecule has 0 aromatic carbocycles. The lowest BCUT2D eigenvalue weighted by Crippen LogP contribution is -2.37. The van der Waals surface area contributed by atoms with Crippen LogP contribution in [0.25, 0.3) is 0 Å². The fourth-order valence-corrected chi connectivity index (χ4v) is 3.86. The van der Waals surface area contributed by atoms with E-state index < -0.39 is 5.60 Å². The zero-order chi connectivity index (χ0) is 20.4. The molecule has 1 fully saturated rings. The summed E-state index contributed by atoms with van der Waals surface area (Å²) in [5, 5.41) is 6.58. The normalized spacial score (nSPS) is 22.3. The zero-order valence-electron chi connectivity index (χ0n) is 18.4. The summed E-state index contributed by atoms with van der Waals surface area (Å²) < 4.78 is 5.49. The van der Waals surface area contributed by atoms with E-state index in [4.69, 9.17) is 4.74 Å². The maximum absolute atomic E-state index is 12.1. The molecule has 0 aromatic rings. The SMILES string of the molecule is CC[C@@H]1CN(C(NC)=C(C)N/C=N\C)CCCC1CCC(=O)OC(C)(C)C. The number of aliphatic imine (C=N–C) groups is 1. The number of nitrogens with one attached hydrogen (secondary N) is 2. The molecular weight excluding hydrogens is 340 g/mol. The Morgan fingerprint density at radius 1 is 1.33 bits per heavy atom. The van der Waals surface area contributed by atoms with Crippen LogP contribution in [0.4, 0.5) is 0 Å². The summed E-state index contributed by atoms with van der Waals surface area (Å²) in [5.41, 5.74) is 0.672. The molecule has 1 saturated heterocycles.